The predicted octanol–water partition coefficient (Wildman–Crippen LogP) is 2.93. The minimum Gasteiger partial charge on any atom is -0.456 e. The minimum atomic E-state index is -2.21. The predicted molar refractivity (Wildman–Crippen MR) is 112 cm³/mol. The van der Waals surface area contributed by atoms with Gasteiger partial charge in [0.05, 0.1) is 27.6 Å². The first kappa shape index (κ1) is 24.9. The molecule has 0 radical (unpaired) electrons. The summed E-state index contributed by atoms with van der Waals surface area (Å²) in [5.41, 5.74) is -1.65. The van der Waals surface area contributed by atoms with Gasteiger partial charge in [-0.2, -0.15) is 0 Å². The van der Waals surface area contributed by atoms with Gasteiger partial charge in [0.1, 0.15) is 18.3 Å². The lowest BCUT2D eigenvalue weighted by Gasteiger charge is -2.44. The van der Waals surface area contributed by atoms with Crippen LogP contribution < -0.4 is 0 Å². The highest BCUT2D eigenvalue weighted by atomic mass is 28.4. The lowest BCUT2D eigenvalue weighted by Crippen LogP contribution is -2.55. The highest BCUT2D eigenvalue weighted by Crippen LogP contribution is 2.39. The third-order valence-electron chi connectivity index (χ3n) is 5.92. The first-order chi connectivity index (χ1) is 14.1. The molecule has 0 unspecified atom stereocenters. The Hall–Kier alpha value is -2.41. The quantitative estimate of drug-likeness (QED) is 0.283. The molecular formula is C19H28N2O9Si. The van der Waals surface area contributed by atoms with Gasteiger partial charge in [-0.05, 0) is 31.0 Å². The van der Waals surface area contributed by atoms with Crippen molar-refractivity contribution in [3.63, 3.8) is 0 Å². The largest absolute Gasteiger partial charge is 0.456 e. The Morgan fingerprint density at radius 3 is 1.90 bits per heavy atom. The highest BCUT2D eigenvalue weighted by molar-refractivity contribution is 6.74. The average molecular weight is 457 g/mol. The van der Waals surface area contributed by atoms with Crippen LogP contribution >= 0.6 is 0 Å². The summed E-state index contributed by atoms with van der Waals surface area (Å²) in [4.78, 5) is 32.8. The maximum atomic E-state index is 12.5. The zero-order chi connectivity index (χ0) is 23.7. The maximum absolute atomic E-state index is 12.5. The van der Waals surface area contributed by atoms with Gasteiger partial charge < -0.3 is 19.4 Å². The van der Waals surface area contributed by atoms with E-state index < -0.39 is 59.9 Å². The molecule has 0 saturated heterocycles. The van der Waals surface area contributed by atoms with Crippen LogP contribution in [0.25, 0.3) is 0 Å². The number of nitro benzene ring substituents is 2. The summed E-state index contributed by atoms with van der Waals surface area (Å²) in [5.74, 6) is -1.06. The Bertz CT molecular complexity index is 836. The Labute approximate surface area is 180 Å². The van der Waals surface area contributed by atoms with E-state index in [1.807, 2.05) is 33.9 Å². The van der Waals surface area contributed by atoms with E-state index in [9.17, 15) is 35.2 Å². The van der Waals surface area contributed by atoms with Crippen molar-refractivity contribution in [3.05, 3.63) is 44.0 Å². The van der Waals surface area contributed by atoms with E-state index >= 15 is 0 Å². The molecule has 0 heterocycles. The monoisotopic (exact) mass is 456 g/mol. The fraction of sp³-hybridized carbons (Fsp3) is 0.632. The molecule has 0 amide bonds. The second-order valence-corrected chi connectivity index (χ2v) is 13.9. The number of esters is 1. The van der Waals surface area contributed by atoms with E-state index in [0.717, 1.165) is 18.2 Å². The van der Waals surface area contributed by atoms with E-state index in [1.165, 1.54) is 0 Å². The third-order valence-corrected chi connectivity index (χ3v) is 10.4. The Morgan fingerprint density at radius 2 is 1.45 bits per heavy atom. The van der Waals surface area contributed by atoms with Crippen LogP contribution in [-0.4, -0.2) is 58.8 Å². The van der Waals surface area contributed by atoms with Crippen LogP contribution in [0.4, 0.5) is 11.4 Å². The lowest BCUT2D eigenvalue weighted by molar-refractivity contribution is -0.394. The molecule has 31 heavy (non-hydrogen) atoms. The van der Waals surface area contributed by atoms with Crippen LogP contribution in [0.2, 0.25) is 18.1 Å². The molecule has 1 saturated carbocycles. The van der Waals surface area contributed by atoms with Crippen LogP contribution in [0.3, 0.4) is 0 Å². The molecule has 1 aliphatic rings. The van der Waals surface area contributed by atoms with Crippen LogP contribution in [0.1, 0.15) is 44.0 Å². The molecule has 1 fully saturated rings. The topological polar surface area (TPSA) is 162 Å². The standard InChI is InChI=1S/C19H28N2O9Si/c1-19(2,3)31(4,5)30-15-7-6-14(16(22)17(15)23)29-18(24)11-8-12(20(25)26)10-13(9-11)21(27)28/h8-10,14-17,22-23H,6-7H2,1-5H3/t14-,15-,16-,17+/m1/s1. The molecule has 172 valence electrons. The van der Waals surface area contributed by atoms with Crippen molar-refractivity contribution >= 4 is 25.7 Å². The number of non-ortho nitro benzene ring substituents is 2. The molecule has 2 N–H and O–H groups in total. The lowest BCUT2D eigenvalue weighted by atomic mass is 9.89. The fourth-order valence-corrected chi connectivity index (χ4v) is 4.42. The maximum Gasteiger partial charge on any atom is 0.339 e. The minimum absolute atomic E-state index is 0.0995. The van der Waals surface area contributed by atoms with Gasteiger partial charge >= 0.3 is 5.97 Å². The van der Waals surface area contributed by atoms with Gasteiger partial charge in [-0.3, -0.25) is 20.2 Å². The molecule has 0 aromatic heterocycles. The van der Waals surface area contributed by atoms with Gasteiger partial charge in [-0.1, -0.05) is 20.8 Å². The van der Waals surface area contributed by atoms with Gasteiger partial charge in [-0.15, -0.1) is 0 Å². The van der Waals surface area contributed by atoms with E-state index in [2.05, 4.69) is 0 Å². The number of nitrogens with zero attached hydrogens (tertiary/aromatic N) is 2. The zero-order valence-corrected chi connectivity index (χ0v) is 19.1. The van der Waals surface area contributed by atoms with Crippen molar-refractivity contribution in [2.75, 3.05) is 0 Å². The summed E-state index contributed by atoms with van der Waals surface area (Å²) in [6.07, 6.45) is -3.90. The number of carbonyl (C=O) groups excluding carboxylic acids is 1. The van der Waals surface area contributed by atoms with E-state index in [0.29, 0.717) is 6.42 Å². The number of hydrogen-bond acceptors (Lipinski definition) is 9. The molecule has 4 atom stereocenters. The number of ether oxygens (including phenoxy) is 1. The molecule has 0 bridgehead atoms. The second kappa shape index (κ2) is 8.98. The number of rotatable bonds is 6. The van der Waals surface area contributed by atoms with Crippen LogP contribution in [0.5, 0.6) is 0 Å². The van der Waals surface area contributed by atoms with E-state index in [-0.39, 0.29) is 17.0 Å². The highest BCUT2D eigenvalue weighted by Gasteiger charge is 2.46. The van der Waals surface area contributed by atoms with Crippen LogP contribution in [-0.2, 0) is 9.16 Å². The number of carbonyl (C=O) groups is 1. The summed E-state index contributed by atoms with van der Waals surface area (Å²) in [5, 5.41) is 42.9. The van der Waals surface area contributed by atoms with E-state index in [1.54, 1.807) is 0 Å². The SMILES string of the molecule is CC(C)(C)[Si](C)(C)O[C@@H]1CC[C@@H](OC(=O)c2cc([N+](=O)[O-])cc([N+](=O)[O-])c2)[C@@H](O)[C@H]1O. The number of aliphatic hydroxyl groups excluding tert-OH is 2. The average Bonchev–Trinajstić information content (AvgIpc) is 2.66. The molecular weight excluding hydrogens is 428 g/mol. The molecule has 12 heteroatoms. The summed E-state index contributed by atoms with van der Waals surface area (Å²) < 4.78 is 11.4. The first-order valence-corrected chi connectivity index (χ1v) is 12.7. The Kier molecular flexibility index (Phi) is 7.20. The summed E-state index contributed by atoms with van der Waals surface area (Å²) in [7, 11) is -2.21. The summed E-state index contributed by atoms with van der Waals surface area (Å²) >= 11 is 0. The van der Waals surface area contributed by atoms with Crippen molar-refractivity contribution in [1.29, 1.82) is 0 Å². The fourth-order valence-electron chi connectivity index (χ4n) is 3.05. The van der Waals surface area contributed by atoms with Crippen LogP contribution in [0, 0.1) is 20.2 Å². The van der Waals surface area contributed by atoms with E-state index in [4.69, 9.17) is 9.16 Å². The van der Waals surface area contributed by atoms with Crippen LogP contribution in [0.15, 0.2) is 18.2 Å². The number of benzene rings is 1. The Balaban J connectivity index is 2.14. The number of hydrogen-bond donors (Lipinski definition) is 2. The molecule has 1 aromatic carbocycles. The smallest absolute Gasteiger partial charge is 0.339 e. The summed E-state index contributed by atoms with van der Waals surface area (Å²) in [6, 6.07) is 2.47. The van der Waals surface area contributed by atoms with Crippen molar-refractivity contribution in [1.82, 2.24) is 0 Å². The zero-order valence-electron chi connectivity index (χ0n) is 18.1. The summed E-state index contributed by atoms with van der Waals surface area (Å²) in [6.45, 7) is 10.2. The van der Waals surface area contributed by atoms with Crippen molar-refractivity contribution in [2.24, 2.45) is 0 Å². The Morgan fingerprint density at radius 1 is 1.00 bits per heavy atom. The van der Waals surface area contributed by atoms with Crippen molar-refractivity contribution in [2.45, 2.75) is 76.2 Å². The third kappa shape index (κ3) is 5.64. The van der Waals surface area contributed by atoms with Gasteiger partial charge in [0.25, 0.3) is 11.4 Å². The molecule has 0 spiro atoms. The second-order valence-electron chi connectivity index (χ2n) is 9.17. The van der Waals surface area contributed by atoms with Crippen molar-refractivity contribution in [3.8, 4) is 0 Å². The van der Waals surface area contributed by atoms with Gasteiger partial charge in [0.15, 0.2) is 8.32 Å². The molecule has 1 aliphatic carbocycles. The molecule has 1 aromatic rings. The molecule has 11 nitrogen and oxygen atoms in total. The van der Waals surface area contributed by atoms with Gasteiger partial charge in [0.2, 0.25) is 0 Å². The van der Waals surface area contributed by atoms with Crippen molar-refractivity contribution < 1.29 is 34.0 Å². The number of nitro groups is 2. The first-order valence-electron chi connectivity index (χ1n) is 9.83. The van der Waals surface area contributed by atoms with Gasteiger partial charge in [-0.25, -0.2) is 4.79 Å². The van der Waals surface area contributed by atoms with Gasteiger partial charge in [0, 0.05) is 12.1 Å². The number of aliphatic hydroxyl groups is 2. The normalized spacial score (nSPS) is 24.5. The molecule has 2 rings (SSSR count). The molecule has 0 aliphatic heterocycles.